The fraction of sp³-hybridized carbons (Fsp3) is 0.467. The van der Waals surface area contributed by atoms with Gasteiger partial charge in [-0.05, 0) is 33.8 Å². The Labute approximate surface area is 143 Å². The van der Waals surface area contributed by atoms with E-state index in [9.17, 15) is 24.8 Å². The van der Waals surface area contributed by atoms with Crippen molar-refractivity contribution in [3.8, 4) is 5.75 Å². The van der Waals surface area contributed by atoms with Gasteiger partial charge in [0.1, 0.15) is 17.4 Å². The summed E-state index contributed by atoms with van der Waals surface area (Å²) in [5, 5.41) is 29.7. The molecular weight excluding hydrogens is 336 g/mol. The molecule has 0 amide bonds. The predicted molar refractivity (Wildman–Crippen MR) is 84.7 cm³/mol. The summed E-state index contributed by atoms with van der Waals surface area (Å²) >= 11 is 0. The molecule has 138 valence electrons. The molecule has 0 aromatic heterocycles. The highest BCUT2D eigenvalue weighted by atomic mass is 16.7. The van der Waals surface area contributed by atoms with E-state index in [0.717, 1.165) is 18.2 Å². The summed E-state index contributed by atoms with van der Waals surface area (Å²) in [6.07, 6.45) is -1.61. The fourth-order valence-electron chi connectivity index (χ4n) is 1.68. The van der Waals surface area contributed by atoms with Gasteiger partial charge in [0.2, 0.25) is 6.10 Å². The number of nitrogens with zero attached hydrogens (tertiary/aromatic N) is 1. The van der Waals surface area contributed by atoms with Crippen molar-refractivity contribution in [3.63, 3.8) is 0 Å². The van der Waals surface area contributed by atoms with E-state index >= 15 is 0 Å². The van der Waals surface area contributed by atoms with E-state index in [1.165, 1.54) is 6.92 Å². The van der Waals surface area contributed by atoms with Gasteiger partial charge in [0.25, 0.3) is 5.69 Å². The van der Waals surface area contributed by atoms with Crippen molar-refractivity contribution >= 4 is 17.6 Å². The maximum atomic E-state index is 12.4. The number of benzene rings is 1. The monoisotopic (exact) mass is 356 g/mol. The molecule has 0 bridgehead atoms. The number of esters is 1. The van der Waals surface area contributed by atoms with Crippen LogP contribution < -0.4 is 5.48 Å². The van der Waals surface area contributed by atoms with Gasteiger partial charge in [-0.15, -0.1) is 0 Å². The van der Waals surface area contributed by atoms with Gasteiger partial charge in [0, 0.05) is 17.7 Å². The average Bonchev–Trinajstić information content (AvgIpc) is 2.46. The number of ether oxygens (including phenoxy) is 1. The standard InChI is InChI=1S/C15H20N2O8/c1-8(13(19)20)16-25-12(14(21)24-15(2,3)4)10-7-9(17(22)23)5-6-11(10)18/h5-8,12,16,18H,1-4H3,(H,19,20)/t8-,12?/m0/s1. The van der Waals surface area contributed by atoms with Crippen molar-refractivity contribution in [1.82, 2.24) is 5.48 Å². The van der Waals surface area contributed by atoms with E-state index in [1.54, 1.807) is 20.8 Å². The van der Waals surface area contributed by atoms with Gasteiger partial charge in [-0.25, -0.2) is 4.79 Å². The second kappa shape index (κ2) is 7.90. The third-order valence-electron chi connectivity index (χ3n) is 2.86. The van der Waals surface area contributed by atoms with Crippen LogP contribution in [-0.2, 0) is 19.2 Å². The molecule has 0 radical (unpaired) electrons. The van der Waals surface area contributed by atoms with Crippen molar-refractivity contribution in [2.24, 2.45) is 0 Å². The molecule has 0 aliphatic heterocycles. The van der Waals surface area contributed by atoms with Crippen LogP contribution in [0.2, 0.25) is 0 Å². The number of hydrogen-bond acceptors (Lipinski definition) is 8. The molecular formula is C15H20N2O8. The number of nitro groups is 1. The number of carboxylic acid groups (broad SMARTS) is 1. The minimum Gasteiger partial charge on any atom is -0.508 e. The Kier molecular flexibility index (Phi) is 6.42. The van der Waals surface area contributed by atoms with Crippen molar-refractivity contribution in [3.05, 3.63) is 33.9 Å². The SMILES string of the molecule is C[C@H](NOC(C(=O)OC(C)(C)C)c1cc([N+](=O)[O-])ccc1O)C(=O)O. The molecule has 10 nitrogen and oxygen atoms in total. The molecule has 1 unspecified atom stereocenters. The lowest BCUT2D eigenvalue weighted by atomic mass is 10.1. The molecule has 25 heavy (non-hydrogen) atoms. The summed E-state index contributed by atoms with van der Waals surface area (Å²) in [7, 11) is 0. The first kappa shape index (κ1) is 20.3. The molecule has 1 rings (SSSR count). The maximum absolute atomic E-state index is 12.4. The topological polar surface area (TPSA) is 148 Å². The van der Waals surface area contributed by atoms with E-state index < -0.39 is 40.4 Å². The van der Waals surface area contributed by atoms with Gasteiger partial charge < -0.3 is 14.9 Å². The highest BCUT2D eigenvalue weighted by Crippen LogP contribution is 2.32. The van der Waals surface area contributed by atoms with Gasteiger partial charge in [0.05, 0.1) is 4.92 Å². The number of aliphatic carboxylic acids is 1. The number of non-ortho nitro benzene ring substituents is 1. The molecule has 10 heteroatoms. The second-order valence-corrected chi connectivity index (χ2v) is 6.21. The van der Waals surface area contributed by atoms with Gasteiger partial charge in [0.15, 0.2) is 0 Å². The Morgan fingerprint density at radius 2 is 1.92 bits per heavy atom. The molecule has 0 aliphatic carbocycles. The zero-order valence-electron chi connectivity index (χ0n) is 14.2. The molecule has 0 aliphatic rings. The van der Waals surface area contributed by atoms with E-state index in [4.69, 9.17) is 14.7 Å². The first-order valence-electron chi connectivity index (χ1n) is 7.26. The molecule has 0 saturated heterocycles. The number of hydrogen-bond donors (Lipinski definition) is 3. The van der Waals surface area contributed by atoms with Crippen molar-refractivity contribution < 1.29 is 34.3 Å². The summed E-state index contributed by atoms with van der Waals surface area (Å²) in [6, 6.07) is 1.87. The number of carbonyl (C=O) groups is 2. The van der Waals surface area contributed by atoms with Crippen LogP contribution in [-0.4, -0.2) is 38.7 Å². The summed E-state index contributed by atoms with van der Waals surface area (Å²) in [4.78, 5) is 38.5. The molecule has 0 fully saturated rings. The molecule has 1 aromatic carbocycles. The lowest BCUT2D eigenvalue weighted by molar-refractivity contribution is -0.385. The van der Waals surface area contributed by atoms with Crippen LogP contribution in [0.15, 0.2) is 18.2 Å². The Morgan fingerprint density at radius 3 is 2.40 bits per heavy atom. The Balaban J connectivity index is 3.21. The third kappa shape index (κ3) is 6.01. The third-order valence-corrected chi connectivity index (χ3v) is 2.86. The maximum Gasteiger partial charge on any atom is 0.342 e. The minimum atomic E-state index is -1.61. The van der Waals surface area contributed by atoms with Crippen molar-refractivity contribution in [2.75, 3.05) is 0 Å². The predicted octanol–water partition coefficient (Wildman–Crippen LogP) is 1.68. The van der Waals surface area contributed by atoms with Crippen LogP contribution in [0.3, 0.4) is 0 Å². The lowest BCUT2D eigenvalue weighted by Crippen LogP contribution is -2.38. The second-order valence-electron chi connectivity index (χ2n) is 6.21. The van der Waals surface area contributed by atoms with E-state index in [0.29, 0.717) is 0 Å². The number of nitrogens with one attached hydrogen (secondary N) is 1. The van der Waals surface area contributed by atoms with Crippen LogP contribution in [0.5, 0.6) is 5.75 Å². The number of aromatic hydroxyl groups is 1. The van der Waals surface area contributed by atoms with Crippen LogP contribution in [0.4, 0.5) is 5.69 Å². The fourth-order valence-corrected chi connectivity index (χ4v) is 1.68. The summed E-state index contributed by atoms with van der Waals surface area (Å²) in [5.41, 5.74) is 0.640. The highest BCUT2D eigenvalue weighted by molar-refractivity contribution is 5.78. The normalized spacial score (nSPS) is 13.8. The molecule has 0 heterocycles. The largest absolute Gasteiger partial charge is 0.508 e. The number of rotatable bonds is 7. The Hall–Kier alpha value is -2.72. The molecule has 0 spiro atoms. The summed E-state index contributed by atoms with van der Waals surface area (Å²) in [6.45, 7) is 6.06. The van der Waals surface area contributed by atoms with Crippen LogP contribution in [0.1, 0.15) is 39.4 Å². The zero-order valence-corrected chi connectivity index (χ0v) is 14.2. The number of carboxylic acids is 1. The van der Waals surface area contributed by atoms with Crippen LogP contribution >= 0.6 is 0 Å². The molecule has 2 atom stereocenters. The molecule has 1 aromatic rings. The average molecular weight is 356 g/mol. The van der Waals surface area contributed by atoms with Crippen LogP contribution in [0, 0.1) is 10.1 Å². The van der Waals surface area contributed by atoms with E-state index in [-0.39, 0.29) is 11.3 Å². The van der Waals surface area contributed by atoms with E-state index in [2.05, 4.69) is 5.48 Å². The number of phenolic OH excluding ortho intramolecular Hbond substituents is 1. The van der Waals surface area contributed by atoms with Crippen molar-refractivity contribution in [1.29, 1.82) is 0 Å². The van der Waals surface area contributed by atoms with Gasteiger partial charge >= 0.3 is 11.9 Å². The number of hydroxylamine groups is 1. The van der Waals surface area contributed by atoms with E-state index in [1.807, 2.05) is 0 Å². The Morgan fingerprint density at radius 1 is 1.32 bits per heavy atom. The minimum absolute atomic E-state index is 0.228. The first-order valence-corrected chi connectivity index (χ1v) is 7.26. The zero-order chi connectivity index (χ0) is 19.4. The smallest absolute Gasteiger partial charge is 0.342 e. The van der Waals surface area contributed by atoms with Crippen LogP contribution in [0.25, 0.3) is 0 Å². The first-order chi connectivity index (χ1) is 11.4. The van der Waals surface area contributed by atoms with Gasteiger partial charge in [-0.1, -0.05) is 0 Å². The lowest BCUT2D eigenvalue weighted by Gasteiger charge is -2.25. The van der Waals surface area contributed by atoms with Gasteiger partial charge in [-0.2, -0.15) is 5.48 Å². The highest BCUT2D eigenvalue weighted by Gasteiger charge is 2.32. The summed E-state index contributed by atoms with van der Waals surface area (Å²) in [5.74, 6) is -2.63. The molecule has 3 N–H and O–H groups in total. The number of nitro benzene ring substituents is 1. The number of phenols is 1. The van der Waals surface area contributed by atoms with Gasteiger partial charge in [-0.3, -0.25) is 19.7 Å². The quantitative estimate of drug-likeness (QED) is 0.377. The Bertz CT molecular complexity index is 668. The summed E-state index contributed by atoms with van der Waals surface area (Å²) < 4.78 is 5.17. The van der Waals surface area contributed by atoms with Crippen molar-refractivity contribution in [2.45, 2.75) is 45.4 Å². The molecule has 0 saturated carbocycles. The number of carbonyl (C=O) groups excluding carboxylic acids is 1.